The lowest BCUT2D eigenvalue weighted by Crippen LogP contribution is -2.43. The van der Waals surface area contributed by atoms with Crippen LogP contribution < -0.4 is 5.73 Å². The first-order valence-corrected chi connectivity index (χ1v) is 10.5. The molecule has 3 rings (SSSR count). The van der Waals surface area contributed by atoms with Crippen LogP contribution in [0.25, 0.3) is 0 Å². The molecule has 1 atom stereocenters. The highest BCUT2D eigenvalue weighted by molar-refractivity contribution is 7.89. The van der Waals surface area contributed by atoms with Crippen LogP contribution in [0.5, 0.6) is 0 Å². The number of hydrogen-bond donors (Lipinski definition) is 1. The van der Waals surface area contributed by atoms with Gasteiger partial charge in [0, 0.05) is 24.1 Å². The number of carbonyl (C=O) groups is 2. The molecule has 162 valence electrons. The second-order valence-corrected chi connectivity index (χ2v) is 8.57. The molecule has 2 N–H and O–H groups in total. The molecule has 1 saturated heterocycles. The van der Waals surface area contributed by atoms with Crippen LogP contribution in [-0.4, -0.2) is 41.4 Å². The van der Waals surface area contributed by atoms with Gasteiger partial charge in [-0.05, 0) is 37.6 Å². The second kappa shape index (κ2) is 8.52. The third-order valence-electron chi connectivity index (χ3n) is 4.62. The maximum absolute atomic E-state index is 12.9. The molecule has 0 saturated carbocycles. The summed E-state index contributed by atoms with van der Waals surface area (Å²) in [5, 5.41) is 14.2. The van der Waals surface area contributed by atoms with Gasteiger partial charge in [-0.2, -0.15) is 0 Å². The Kier molecular flexibility index (Phi) is 6.02. The number of oxime groups is 1. The van der Waals surface area contributed by atoms with Gasteiger partial charge in [-0.25, -0.2) is 17.5 Å². The summed E-state index contributed by atoms with van der Waals surface area (Å²) < 4.78 is 26.3. The SMILES string of the molecule is Cc1ccc(S(=O)(=O)N2C(=O)CC[C@@H]2C(=O)ON=C(N)c2ccc([N+](=O)[O-])cc2)cc1. The first-order chi connectivity index (χ1) is 14.6. The van der Waals surface area contributed by atoms with E-state index in [1.54, 1.807) is 19.1 Å². The number of amidine groups is 1. The molecule has 1 amide bonds. The van der Waals surface area contributed by atoms with E-state index in [1.165, 1.54) is 36.4 Å². The van der Waals surface area contributed by atoms with Gasteiger partial charge in [0.2, 0.25) is 5.91 Å². The second-order valence-electron chi connectivity index (χ2n) is 6.75. The van der Waals surface area contributed by atoms with Gasteiger partial charge in [0.15, 0.2) is 5.84 Å². The Morgan fingerprint density at radius 1 is 1.19 bits per heavy atom. The molecular formula is C19H18N4O7S. The first kappa shape index (κ1) is 21.9. The fraction of sp³-hybridized carbons (Fsp3) is 0.211. The zero-order valence-electron chi connectivity index (χ0n) is 16.3. The molecule has 1 aliphatic rings. The van der Waals surface area contributed by atoms with Crippen molar-refractivity contribution >= 4 is 33.4 Å². The topological polar surface area (TPSA) is 162 Å². The van der Waals surface area contributed by atoms with Crippen LogP contribution >= 0.6 is 0 Å². The minimum atomic E-state index is -4.26. The molecule has 0 radical (unpaired) electrons. The highest BCUT2D eigenvalue weighted by Gasteiger charge is 2.45. The van der Waals surface area contributed by atoms with E-state index in [0.717, 1.165) is 5.56 Å². The molecule has 11 nitrogen and oxygen atoms in total. The summed E-state index contributed by atoms with van der Waals surface area (Å²) in [7, 11) is -4.26. The highest BCUT2D eigenvalue weighted by Crippen LogP contribution is 2.28. The third kappa shape index (κ3) is 4.53. The van der Waals surface area contributed by atoms with Gasteiger partial charge in [0.1, 0.15) is 6.04 Å². The Balaban J connectivity index is 1.78. The molecule has 0 spiro atoms. The summed E-state index contributed by atoms with van der Waals surface area (Å²) in [6.07, 6.45) is -0.206. The van der Waals surface area contributed by atoms with Crippen molar-refractivity contribution in [1.29, 1.82) is 0 Å². The number of carbonyl (C=O) groups excluding carboxylic acids is 2. The minimum absolute atomic E-state index is 0.0598. The van der Waals surface area contributed by atoms with E-state index in [4.69, 9.17) is 10.6 Å². The molecule has 1 aliphatic heterocycles. The van der Waals surface area contributed by atoms with Crippen molar-refractivity contribution in [1.82, 2.24) is 4.31 Å². The van der Waals surface area contributed by atoms with Crippen molar-refractivity contribution in [3.05, 3.63) is 69.8 Å². The van der Waals surface area contributed by atoms with Crippen molar-refractivity contribution < 1.29 is 27.8 Å². The number of nitro groups is 1. The summed E-state index contributed by atoms with van der Waals surface area (Å²) in [4.78, 5) is 39.5. The van der Waals surface area contributed by atoms with Crippen molar-refractivity contribution in [2.75, 3.05) is 0 Å². The van der Waals surface area contributed by atoms with Crippen molar-refractivity contribution in [3.63, 3.8) is 0 Å². The molecule has 0 aromatic heterocycles. The number of nitrogens with two attached hydrogens (primary N) is 1. The standard InChI is InChI=1S/C19H18N4O7S/c1-12-2-8-15(9-3-12)31(28,29)22-16(10-11-17(22)24)19(25)30-21-18(20)13-4-6-14(7-5-13)23(26)27/h2-9,16H,10-11H2,1H3,(H2,20,21)/t16-/m1/s1. The molecule has 0 unspecified atom stereocenters. The number of rotatable bonds is 6. The maximum Gasteiger partial charge on any atom is 0.358 e. The van der Waals surface area contributed by atoms with Crippen LogP contribution in [0.15, 0.2) is 58.6 Å². The lowest BCUT2D eigenvalue weighted by Gasteiger charge is -2.22. The summed E-state index contributed by atoms with van der Waals surface area (Å²) in [5.74, 6) is -2.04. The smallest absolute Gasteiger partial charge is 0.358 e. The number of aryl methyl sites for hydroxylation is 1. The molecule has 1 fully saturated rings. The zero-order chi connectivity index (χ0) is 22.8. The predicted octanol–water partition coefficient (Wildman–Crippen LogP) is 1.45. The highest BCUT2D eigenvalue weighted by atomic mass is 32.2. The van der Waals surface area contributed by atoms with Crippen LogP contribution in [-0.2, 0) is 24.4 Å². The van der Waals surface area contributed by atoms with E-state index >= 15 is 0 Å². The summed E-state index contributed by atoms with van der Waals surface area (Å²) in [6, 6.07) is 9.51. The lowest BCUT2D eigenvalue weighted by atomic mass is 10.2. The van der Waals surface area contributed by atoms with Crippen LogP contribution in [0.1, 0.15) is 24.0 Å². The molecule has 0 aliphatic carbocycles. The van der Waals surface area contributed by atoms with Crippen molar-refractivity contribution in [2.24, 2.45) is 10.9 Å². The lowest BCUT2D eigenvalue weighted by molar-refractivity contribution is -0.384. The number of nitrogens with zero attached hydrogens (tertiary/aromatic N) is 3. The van der Waals surface area contributed by atoms with E-state index in [9.17, 15) is 28.1 Å². The average Bonchev–Trinajstić information content (AvgIpc) is 3.14. The van der Waals surface area contributed by atoms with Crippen LogP contribution in [0.4, 0.5) is 5.69 Å². The van der Waals surface area contributed by atoms with E-state index < -0.39 is 32.9 Å². The van der Waals surface area contributed by atoms with E-state index in [2.05, 4.69) is 5.16 Å². The summed E-state index contributed by atoms with van der Waals surface area (Å²) in [5.41, 5.74) is 6.65. The van der Waals surface area contributed by atoms with E-state index in [1.807, 2.05) is 0 Å². The molecule has 0 bridgehead atoms. The molecule has 1 heterocycles. The monoisotopic (exact) mass is 446 g/mol. The van der Waals surface area contributed by atoms with Crippen LogP contribution in [0, 0.1) is 17.0 Å². The van der Waals surface area contributed by atoms with E-state index in [0.29, 0.717) is 4.31 Å². The van der Waals surface area contributed by atoms with Gasteiger partial charge in [0.05, 0.1) is 9.82 Å². The number of amides is 1. The zero-order valence-corrected chi connectivity index (χ0v) is 17.1. The molecule has 2 aromatic carbocycles. The fourth-order valence-corrected chi connectivity index (χ4v) is 4.56. The summed E-state index contributed by atoms with van der Waals surface area (Å²) in [6.45, 7) is 1.78. The third-order valence-corrected chi connectivity index (χ3v) is 6.46. The Morgan fingerprint density at radius 3 is 2.39 bits per heavy atom. The molecule has 2 aromatic rings. The van der Waals surface area contributed by atoms with E-state index in [-0.39, 0.29) is 34.8 Å². The number of sulfonamides is 1. The van der Waals surface area contributed by atoms with Crippen LogP contribution in [0.2, 0.25) is 0 Å². The first-order valence-electron chi connectivity index (χ1n) is 9.04. The summed E-state index contributed by atoms with van der Waals surface area (Å²) >= 11 is 0. The Labute approximate surface area is 177 Å². The Hall–Kier alpha value is -3.80. The quantitative estimate of drug-likeness (QED) is 0.229. The molecular weight excluding hydrogens is 428 g/mol. The normalized spacial score (nSPS) is 16.9. The predicted molar refractivity (Wildman–Crippen MR) is 108 cm³/mol. The van der Waals surface area contributed by atoms with Gasteiger partial charge >= 0.3 is 5.97 Å². The molecule has 31 heavy (non-hydrogen) atoms. The van der Waals surface area contributed by atoms with Gasteiger partial charge in [-0.3, -0.25) is 14.9 Å². The number of nitro benzene ring substituents is 1. The molecule has 12 heteroatoms. The number of non-ortho nitro benzene ring substituents is 1. The minimum Gasteiger partial charge on any atom is -0.380 e. The van der Waals surface area contributed by atoms with Gasteiger partial charge < -0.3 is 10.6 Å². The van der Waals surface area contributed by atoms with Crippen molar-refractivity contribution in [2.45, 2.75) is 30.7 Å². The fourth-order valence-electron chi connectivity index (χ4n) is 2.96. The van der Waals surface area contributed by atoms with Gasteiger partial charge in [0.25, 0.3) is 15.7 Å². The van der Waals surface area contributed by atoms with Gasteiger partial charge in [-0.1, -0.05) is 22.9 Å². The number of hydrogen-bond acceptors (Lipinski definition) is 8. The Bertz CT molecular complexity index is 1160. The Morgan fingerprint density at radius 2 is 1.81 bits per heavy atom. The van der Waals surface area contributed by atoms with Gasteiger partial charge in [-0.15, -0.1) is 0 Å². The largest absolute Gasteiger partial charge is 0.380 e. The number of benzene rings is 2. The maximum atomic E-state index is 12.9. The van der Waals surface area contributed by atoms with Crippen LogP contribution in [0.3, 0.4) is 0 Å². The van der Waals surface area contributed by atoms with Crippen molar-refractivity contribution in [3.8, 4) is 0 Å². The average molecular weight is 446 g/mol.